The van der Waals surface area contributed by atoms with Crippen LogP contribution in [0.2, 0.25) is 5.02 Å². The van der Waals surface area contributed by atoms with Crippen molar-refractivity contribution in [3.05, 3.63) is 63.7 Å². The van der Waals surface area contributed by atoms with Crippen molar-refractivity contribution in [1.29, 1.82) is 0 Å². The normalized spacial score (nSPS) is 18.5. The highest BCUT2D eigenvalue weighted by Gasteiger charge is 2.23. The summed E-state index contributed by atoms with van der Waals surface area (Å²) in [5.41, 5.74) is 10.1. The summed E-state index contributed by atoms with van der Waals surface area (Å²) in [4.78, 5) is 18.4. The molecular formula is C27H28BrClN4O. The molecule has 0 spiro atoms. The molecule has 5 nitrogen and oxygen atoms in total. The van der Waals surface area contributed by atoms with Crippen LogP contribution in [-0.4, -0.2) is 28.5 Å². The van der Waals surface area contributed by atoms with Crippen LogP contribution >= 0.6 is 27.5 Å². The maximum atomic E-state index is 13.5. The number of halogens is 2. The summed E-state index contributed by atoms with van der Waals surface area (Å²) in [6, 6.07) is 13.6. The van der Waals surface area contributed by atoms with E-state index in [1.54, 1.807) is 0 Å². The summed E-state index contributed by atoms with van der Waals surface area (Å²) in [6.07, 6.45) is 6.65. The van der Waals surface area contributed by atoms with Gasteiger partial charge in [-0.2, -0.15) is 0 Å². The van der Waals surface area contributed by atoms with Gasteiger partial charge >= 0.3 is 0 Å². The molecule has 0 saturated heterocycles. The minimum Gasteiger partial charge on any atom is -0.352 e. The number of amides is 1. The van der Waals surface area contributed by atoms with Gasteiger partial charge in [-0.1, -0.05) is 34.0 Å². The van der Waals surface area contributed by atoms with Crippen LogP contribution in [0, 0.1) is 11.8 Å². The van der Waals surface area contributed by atoms with Crippen molar-refractivity contribution in [3.8, 4) is 11.3 Å². The lowest BCUT2D eigenvalue weighted by atomic mass is 9.81. The van der Waals surface area contributed by atoms with Crippen molar-refractivity contribution in [3.63, 3.8) is 0 Å². The molecular weight excluding hydrogens is 512 g/mol. The van der Waals surface area contributed by atoms with Gasteiger partial charge in [0.2, 0.25) is 0 Å². The Morgan fingerprint density at radius 2 is 2.00 bits per heavy atom. The SMILES string of the molecule is Cn1cc(-c2cc(C(=O)NCC3CCCC(CN)C3)c3cc(Cl)ccc3n2)c2cc(Br)ccc21. The maximum absolute atomic E-state index is 13.5. The molecule has 2 atom stereocenters. The molecule has 7 heteroatoms. The Morgan fingerprint density at radius 3 is 2.82 bits per heavy atom. The van der Waals surface area contributed by atoms with Crippen molar-refractivity contribution >= 4 is 55.2 Å². The zero-order valence-corrected chi connectivity index (χ0v) is 21.5. The standard InChI is InChI=1S/C27H28BrClN4O/c1-33-15-23(21-10-18(28)5-8-26(21)33)25-12-22(20-11-19(29)6-7-24(20)32-25)27(34)31-14-17-4-2-3-16(9-17)13-30/h5-8,10-12,15-17H,2-4,9,13-14,30H2,1H3,(H,31,34). The molecule has 1 amide bonds. The first-order valence-electron chi connectivity index (χ1n) is 11.8. The molecule has 2 unspecified atom stereocenters. The highest BCUT2D eigenvalue weighted by Crippen LogP contribution is 2.34. The van der Waals surface area contributed by atoms with Crippen molar-refractivity contribution in [2.24, 2.45) is 24.6 Å². The summed E-state index contributed by atoms with van der Waals surface area (Å²) in [5.74, 6) is 0.943. The number of pyridine rings is 1. The van der Waals surface area contributed by atoms with Crippen molar-refractivity contribution < 1.29 is 4.79 Å². The van der Waals surface area contributed by atoms with E-state index in [1.165, 1.54) is 12.8 Å². The second-order valence-corrected chi connectivity index (χ2v) is 10.7. The number of aromatic nitrogens is 2. The third-order valence-corrected chi connectivity index (χ3v) is 7.75. The molecule has 2 aromatic heterocycles. The summed E-state index contributed by atoms with van der Waals surface area (Å²) in [5, 5.41) is 5.62. The minimum atomic E-state index is -0.0906. The van der Waals surface area contributed by atoms with E-state index in [-0.39, 0.29) is 5.91 Å². The zero-order valence-electron chi connectivity index (χ0n) is 19.2. The summed E-state index contributed by atoms with van der Waals surface area (Å²) in [7, 11) is 2.02. The lowest BCUT2D eigenvalue weighted by Crippen LogP contribution is -2.33. The smallest absolute Gasteiger partial charge is 0.252 e. The number of nitrogens with two attached hydrogens (primary N) is 1. The molecule has 34 heavy (non-hydrogen) atoms. The number of carbonyl (C=O) groups is 1. The number of hydrogen-bond acceptors (Lipinski definition) is 3. The van der Waals surface area contributed by atoms with E-state index in [4.69, 9.17) is 22.3 Å². The second kappa shape index (κ2) is 9.68. The van der Waals surface area contributed by atoms with E-state index in [0.717, 1.165) is 56.9 Å². The molecule has 2 aromatic carbocycles. The average molecular weight is 540 g/mol. The summed E-state index contributed by atoms with van der Waals surface area (Å²) < 4.78 is 3.09. The number of nitrogens with zero attached hydrogens (tertiary/aromatic N) is 2. The lowest BCUT2D eigenvalue weighted by molar-refractivity contribution is 0.0942. The topological polar surface area (TPSA) is 72.9 Å². The molecule has 1 fully saturated rings. The van der Waals surface area contributed by atoms with Crippen LogP contribution in [0.5, 0.6) is 0 Å². The van der Waals surface area contributed by atoms with Gasteiger partial charge in [0.15, 0.2) is 0 Å². The molecule has 2 heterocycles. The Balaban J connectivity index is 1.53. The van der Waals surface area contributed by atoms with E-state index in [9.17, 15) is 4.79 Å². The van der Waals surface area contributed by atoms with E-state index in [1.807, 2.05) is 37.4 Å². The number of benzene rings is 2. The Labute approximate surface area is 212 Å². The Morgan fingerprint density at radius 1 is 1.18 bits per heavy atom. The predicted molar refractivity (Wildman–Crippen MR) is 143 cm³/mol. The van der Waals surface area contributed by atoms with E-state index in [2.05, 4.69) is 44.1 Å². The van der Waals surface area contributed by atoms with Crippen LogP contribution in [0.25, 0.3) is 33.1 Å². The first-order chi connectivity index (χ1) is 16.4. The first-order valence-corrected chi connectivity index (χ1v) is 12.9. The molecule has 4 aromatic rings. The molecule has 5 rings (SSSR count). The fourth-order valence-corrected chi connectivity index (χ4v) is 5.76. The Kier molecular flexibility index (Phi) is 6.65. The van der Waals surface area contributed by atoms with Gasteiger partial charge in [0, 0.05) is 51.1 Å². The van der Waals surface area contributed by atoms with Gasteiger partial charge in [0.05, 0.1) is 16.8 Å². The van der Waals surface area contributed by atoms with Crippen LogP contribution in [0.15, 0.2) is 53.1 Å². The van der Waals surface area contributed by atoms with Gasteiger partial charge in [-0.25, -0.2) is 4.98 Å². The molecule has 0 aliphatic heterocycles. The minimum absolute atomic E-state index is 0.0906. The average Bonchev–Trinajstić information content (AvgIpc) is 3.17. The Bertz CT molecular complexity index is 1380. The third kappa shape index (κ3) is 4.59. The zero-order chi connectivity index (χ0) is 23.8. The number of nitrogens with one attached hydrogen (secondary N) is 1. The van der Waals surface area contributed by atoms with E-state index < -0.39 is 0 Å². The molecule has 0 bridgehead atoms. The van der Waals surface area contributed by atoms with Crippen LogP contribution < -0.4 is 11.1 Å². The second-order valence-electron chi connectivity index (χ2n) is 9.38. The Hall–Kier alpha value is -2.41. The molecule has 176 valence electrons. The van der Waals surface area contributed by atoms with Gasteiger partial charge in [0.1, 0.15) is 0 Å². The van der Waals surface area contributed by atoms with Crippen LogP contribution in [0.4, 0.5) is 0 Å². The quantitative estimate of drug-likeness (QED) is 0.312. The van der Waals surface area contributed by atoms with E-state index >= 15 is 0 Å². The number of carbonyl (C=O) groups excluding carboxylic acids is 1. The monoisotopic (exact) mass is 538 g/mol. The molecule has 1 saturated carbocycles. The highest BCUT2D eigenvalue weighted by atomic mass is 79.9. The highest BCUT2D eigenvalue weighted by molar-refractivity contribution is 9.10. The number of fused-ring (bicyclic) bond motifs is 2. The molecule has 0 radical (unpaired) electrons. The molecule has 1 aliphatic carbocycles. The fourth-order valence-electron chi connectivity index (χ4n) is 5.23. The van der Waals surface area contributed by atoms with Gasteiger partial charge in [-0.3, -0.25) is 4.79 Å². The largest absolute Gasteiger partial charge is 0.352 e. The maximum Gasteiger partial charge on any atom is 0.252 e. The molecule has 1 aliphatic rings. The summed E-state index contributed by atoms with van der Waals surface area (Å²) in [6.45, 7) is 1.39. The van der Waals surface area contributed by atoms with Crippen LogP contribution in [0.1, 0.15) is 36.0 Å². The number of rotatable bonds is 5. The van der Waals surface area contributed by atoms with Crippen molar-refractivity contribution in [2.75, 3.05) is 13.1 Å². The van der Waals surface area contributed by atoms with E-state index in [0.29, 0.717) is 29.0 Å². The van der Waals surface area contributed by atoms with Crippen LogP contribution in [0.3, 0.4) is 0 Å². The lowest BCUT2D eigenvalue weighted by Gasteiger charge is -2.28. The molecule has 3 N–H and O–H groups in total. The van der Waals surface area contributed by atoms with Crippen LogP contribution in [-0.2, 0) is 7.05 Å². The van der Waals surface area contributed by atoms with Gasteiger partial charge in [-0.05, 0) is 80.1 Å². The third-order valence-electron chi connectivity index (χ3n) is 7.02. The summed E-state index contributed by atoms with van der Waals surface area (Å²) >= 11 is 9.89. The van der Waals surface area contributed by atoms with Gasteiger partial charge < -0.3 is 15.6 Å². The number of aryl methyl sites for hydroxylation is 1. The van der Waals surface area contributed by atoms with Crippen molar-refractivity contribution in [1.82, 2.24) is 14.9 Å². The van der Waals surface area contributed by atoms with Gasteiger partial charge in [0.25, 0.3) is 5.91 Å². The first kappa shape index (κ1) is 23.3. The van der Waals surface area contributed by atoms with Crippen molar-refractivity contribution in [2.45, 2.75) is 25.7 Å². The van der Waals surface area contributed by atoms with Gasteiger partial charge in [-0.15, -0.1) is 0 Å². The fraction of sp³-hybridized carbons (Fsp3) is 0.333. The predicted octanol–water partition coefficient (Wildman–Crippen LogP) is 6.30. The number of hydrogen-bond donors (Lipinski definition) is 2.